The zero-order valence-electron chi connectivity index (χ0n) is 20.6. The Morgan fingerprint density at radius 2 is 2.03 bits per heavy atom. The molecule has 1 unspecified atom stereocenters. The van der Waals surface area contributed by atoms with Crippen molar-refractivity contribution < 1.29 is 19.4 Å². The van der Waals surface area contributed by atoms with Gasteiger partial charge in [0.05, 0.1) is 35.4 Å². The van der Waals surface area contributed by atoms with E-state index in [-0.39, 0.29) is 24.1 Å². The summed E-state index contributed by atoms with van der Waals surface area (Å²) in [5, 5.41) is 17.6. The lowest BCUT2D eigenvalue weighted by atomic mass is 9.85. The maximum Gasteiger partial charge on any atom is 0.414 e. The number of benzene rings is 1. The molecule has 1 amide bonds. The number of rotatable bonds is 4. The van der Waals surface area contributed by atoms with Gasteiger partial charge >= 0.3 is 12.1 Å². The monoisotopic (exact) mass is 480 g/mol. The van der Waals surface area contributed by atoms with Gasteiger partial charge in [-0.1, -0.05) is 6.42 Å². The first kappa shape index (κ1) is 23.2. The van der Waals surface area contributed by atoms with Gasteiger partial charge in [0, 0.05) is 30.8 Å². The summed E-state index contributed by atoms with van der Waals surface area (Å²) in [6.07, 6.45) is 4.22. The minimum atomic E-state index is -0.740. The van der Waals surface area contributed by atoms with E-state index in [1.807, 2.05) is 39.1 Å². The van der Waals surface area contributed by atoms with E-state index >= 15 is 0 Å². The van der Waals surface area contributed by atoms with Crippen molar-refractivity contribution in [3.63, 3.8) is 0 Å². The molecule has 1 saturated carbocycles. The number of hydrogen-bond donors (Lipinski definition) is 2. The third-order valence-electron chi connectivity index (χ3n) is 7.43. The lowest BCUT2D eigenvalue weighted by Gasteiger charge is -2.34. The van der Waals surface area contributed by atoms with Crippen LogP contribution >= 0.6 is 0 Å². The molecule has 0 saturated heterocycles. The number of aromatic nitrogens is 4. The van der Waals surface area contributed by atoms with Crippen molar-refractivity contribution >= 4 is 40.5 Å². The fourth-order valence-corrected chi connectivity index (χ4v) is 5.70. The van der Waals surface area contributed by atoms with E-state index in [9.17, 15) is 14.7 Å². The molecule has 0 bridgehead atoms. The number of imidazole rings is 1. The zero-order chi connectivity index (χ0) is 24.9. The number of carboxylic acids is 1. The Morgan fingerprint density at radius 3 is 2.71 bits per heavy atom. The van der Waals surface area contributed by atoms with Gasteiger partial charge in [-0.3, -0.25) is 14.4 Å². The van der Waals surface area contributed by atoms with Crippen LogP contribution in [-0.4, -0.2) is 49.7 Å². The summed E-state index contributed by atoms with van der Waals surface area (Å²) in [4.78, 5) is 31.1. The molecule has 35 heavy (non-hydrogen) atoms. The number of fused-ring (bicyclic) bond motifs is 3. The molecule has 1 aromatic carbocycles. The highest BCUT2D eigenvalue weighted by molar-refractivity contribution is 5.96. The molecule has 5 rings (SSSR count). The Kier molecular flexibility index (Phi) is 5.90. The second kappa shape index (κ2) is 8.90. The fraction of sp³-hybridized carbons (Fsp3) is 0.520. The summed E-state index contributed by atoms with van der Waals surface area (Å²) in [7, 11) is 3.28. The molecule has 186 valence electrons. The Bertz CT molecular complexity index is 1290. The summed E-state index contributed by atoms with van der Waals surface area (Å²) in [6.45, 7) is 3.96. The van der Waals surface area contributed by atoms with Gasteiger partial charge in [0.1, 0.15) is 5.82 Å². The molecule has 3 heterocycles. The van der Waals surface area contributed by atoms with Gasteiger partial charge in [-0.2, -0.15) is 5.10 Å². The quantitative estimate of drug-likeness (QED) is 0.563. The molecule has 1 fully saturated rings. The number of anilines is 3. The highest BCUT2D eigenvalue weighted by Crippen LogP contribution is 2.42. The Balaban J connectivity index is 1.66. The van der Waals surface area contributed by atoms with E-state index in [0.29, 0.717) is 18.8 Å². The molecule has 10 nitrogen and oxygen atoms in total. The van der Waals surface area contributed by atoms with Crippen LogP contribution in [0.4, 0.5) is 22.2 Å². The van der Waals surface area contributed by atoms with Crippen LogP contribution in [0, 0.1) is 12.8 Å². The number of nitrogens with zero attached hydrogens (tertiary/aromatic N) is 5. The molecule has 0 radical (unpaired) electrons. The van der Waals surface area contributed by atoms with Crippen molar-refractivity contribution in [3.05, 3.63) is 29.5 Å². The maximum atomic E-state index is 12.6. The van der Waals surface area contributed by atoms with Crippen molar-refractivity contribution in [1.29, 1.82) is 0 Å². The number of nitrogens with one attached hydrogen (secondary N) is 1. The van der Waals surface area contributed by atoms with Gasteiger partial charge in [-0.15, -0.1) is 0 Å². The highest BCUT2D eigenvalue weighted by atomic mass is 16.5. The van der Waals surface area contributed by atoms with Gasteiger partial charge in [-0.25, -0.2) is 9.78 Å². The largest absolute Gasteiger partial charge is 0.481 e. The molecule has 0 spiro atoms. The number of carbonyl (C=O) groups excluding carboxylic acids is 1. The summed E-state index contributed by atoms with van der Waals surface area (Å²) < 4.78 is 9.00. The van der Waals surface area contributed by atoms with E-state index in [1.54, 1.807) is 9.58 Å². The zero-order valence-corrected chi connectivity index (χ0v) is 20.6. The van der Waals surface area contributed by atoms with Crippen LogP contribution in [-0.2, 0) is 23.0 Å². The van der Waals surface area contributed by atoms with Gasteiger partial charge in [0.15, 0.2) is 0 Å². The summed E-state index contributed by atoms with van der Waals surface area (Å²) in [6, 6.07) is 5.96. The van der Waals surface area contributed by atoms with Crippen LogP contribution in [0.5, 0.6) is 0 Å². The first-order valence-corrected chi connectivity index (χ1v) is 12.2. The van der Waals surface area contributed by atoms with Crippen molar-refractivity contribution in [2.45, 2.75) is 64.5 Å². The van der Waals surface area contributed by atoms with Crippen LogP contribution < -0.4 is 10.2 Å². The van der Waals surface area contributed by atoms with Crippen molar-refractivity contribution in [2.24, 2.45) is 13.0 Å². The SMILES string of the molecule is COC(=O)N1c2ccc3c(nc(Nc4cc(C)nn4C)n3[C@@H]3CCC[C@@H](C(=O)O)C3)c2CCC1C. The highest BCUT2D eigenvalue weighted by Gasteiger charge is 2.34. The molecule has 1 aliphatic carbocycles. The number of carbonyl (C=O) groups is 2. The predicted molar refractivity (Wildman–Crippen MR) is 132 cm³/mol. The lowest BCUT2D eigenvalue weighted by Crippen LogP contribution is -2.42. The summed E-state index contributed by atoms with van der Waals surface area (Å²) in [5.74, 6) is 0.362. The van der Waals surface area contributed by atoms with E-state index in [1.165, 1.54) is 7.11 Å². The van der Waals surface area contributed by atoms with Gasteiger partial charge < -0.3 is 19.7 Å². The lowest BCUT2D eigenvalue weighted by molar-refractivity contribution is -0.143. The van der Waals surface area contributed by atoms with E-state index in [2.05, 4.69) is 15.0 Å². The molecule has 3 atom stereocenters. The average molecular weight is 481 g/mol. The number of aliphatic carboxylic acids is 1. The summed E-state index contributed by atoms with van der Waals surface area (Å²) in [5.41, 5.74) is 4.51. The number of methoxy groups -OCH3 is 1. The molecule has 3 aromatic rings. The van der Waals surface area contributed by atoms with Gasteiger partial charge in [-0.05, 0) is 58.1 Å². The average Bonchev–Trinajstić information content (AvgIpc) is 3.36. The number of ether oxygens (including phenoxy) is 1. The number of carboxylic acid groups (broad SMARTS) is 1. The molecular weight excluding hydrogens is 448 g/mol. The molecule has 1 aliphatic heterocycles. The van der Waals surface area contributed by atoms with E-state index in [0.717, 1.165) is 59.5 Å². The second-order valence-corrected chi connectivity index (χ2v) is 9.74. The molecule has 2 aromatic heterocycles. The molecule has 2 aliphatic rings. The first-order chi connectivity index (χ1) is 16.8. The first-order valence-electron chi connectivity index (χ1n) is 12.2. The molecular formula is C25H32N6O4. The third kappa shape index (κ3) is 4.00. The van der Waals surface area contributed by atoms with Crippen LogP contribution in [0.25, 0.3) is 11.0 Å². The second-order valence-electron chi connectivity index (χ2n) is 9.74. The Labute approximate surface area is 203 Å². The minimum absolute atomic E-state index is 0.00366. The van der Waals surface area contributed by atoms with Crippen LogP contribution in [0.15, 0.2) is 18.2 Å². The Morgan fingerprint density at radius 1 is 1.23 bits per heavy atom. The van der Waals surface area contributed by atoms with Crippen LogP contribution in [0.2, 0.25) is 0 Å². The van der Waals surface area contributed by atoms with E-state index in [4.69, 9.17) is 9.72 Å². The van der Waals surface area contributed by atoms with Crippen molar-refractivity contribution in [1.82, 2.24) is 19.3 Å². The molecule has 2 N–H and O–H groups in total. The van der Waals surface area contributed by atoms with Crippen molar-refractivity contribution in [3.8, 4) is 0 Å². The fourth-order valence-electron chi connectivity index (χ4n) is 5.70. The van der Waals surface area contributed by atoms with E-state index < -0.39 is 5.97 Å². The smallest absolute Gasteiger partial charge is 0.414 e. The number of aryl methyl sites for hydroxylation is 3. The van der Waals surface area contributed by atoms with Crippen LogP contribution in [0.3, 0.4) is 0 Å². The topological polar surface area (TPSA) is 115 Å². The number of amides is 1. The number of hydrogen-bond acceptors (Lipinski definition) is 6. The standard InChI is InChI=1S/C25H32N6O4/c1-14-12-21(29(3)28-14)26-24-27-22-18-9-8-15(2)30(25(34)35-4)19(18)10-11-20(22)31(24)17-7-5-6-16(13-17)23(32)33/h10-12,15-17H,5-9,13H2,1-4H3,(H,26,27)(H,32,33)/t15?,16-,17-/m1/s1. The predicted octanol–water partition coefficient (Wildman–Crippen LogP) is 4.55. The van der Waals surface area contributed by atoms with Crippen molar-refractivity contribution in [2.75, 3.05) is 17.3 Å². The molecule has 10 heteroatoms. The Hall–Kier alpha value is -3.56. The van der Waals surface area contributed by atoms with Crippen LogP contribution in [0.1, 0.15) is 56.3 Å². The van der Waals surface area contributed by atoms with Gasteiger partial charge in [0.2, 0.25) is 5.95 Å². The van der Waals surface area contributed by atoms with Gasteiger partial charge in [0.25, 0.3) is 0 Å². The normalized spacial score (nSPS) is 22.2. The maximum absolute atomic E-state index is 12.6. The summed E-state index contributed by atoms with van der Waals surface area (Å²) >= 11 is 0. The minimum Gasteiger partial charge on any atom is -0.481 e. The third-order valence-corrected chi connectivity index (χ3v) is 7.43.